The minimum Gasteiger partial charge on any atom is -0.507 e. The van der Waals surface area contributed by atoms with Gasteiger partial charge in [0, 0.05) is 44.8 Å². The number of aromatic hydroxyl groups is 1. The topological polar surface area (TPSA) is 38.7 Å². The monoisotopic (exact) mass is 277 g/mol. The molecule has 1 aliphatic rings. The van der Waals surface area contributed by atoms with Crippen LogP contribution >= 0.6 is 0 Å². The zero-order chi connectivity index (χ0) is 14.5. The molecule has 2 N–H and O–H groups in total. The predicted molar refractivity (Wildman–Crippen MR) is 83.2 cm³/mol. The number of aryl methyl sites for hydroxylation is 1. The van der Waals surface area contributed by atoms with E-state index in [0.717, 1.165) is 56.8 Å². The van der Waals surface area contributed by atoms with Gasteiger partial charge in [0.25, 0.3) is 0 Å². The Morgan fingerprint density at radius 2 is 1.85 bits per heavy atom. The first-order valence-electron chi connectivity index (χ1n) is 7.45. The van der Waals surface area contributed by atoms with Crippen LogP contribution < -0.4 is 5.32 Å². The fourth-order valence-electron chi connectivity index (χ4n) is 2.80. The van der Waals surface area contributed by atoms with E-state index in [1.807, 2.05) is 14.1 Å². The van der Waals surface area contributed by atoms with Gasteiger partial charge in [-0.15, -0.1) is 0 Å². The maximum absolute atomic E-state index is 10.4. The molecular formula is C16H27N3O. The van der Waals surface area contributed by atoms with Crippen molar-refractivity contribution in [3.63, 3.8) is 0 Å². The summed E-state index contributed by atoms with van der Waals surface area (Å²) in [5.41, 5.74) is 3.35. The summed E-state index contributed by atoms with van der Waals surface area (Å²) < 4.78 is 0. The molecule has 112 valence electrons. The normalized spacial score (nSPS) is 16.8. The molecule has 1 aromatic rings. The average Bonchev–Trinajstić information content (AvgIpc) is 2.41. The first kappa shape index (κ1) is 15.3. The first-order valence-corrected chi connectivity index (χ1v) is 7.45. The zero-order valence-electron chi connectivity index (χ0n) is 12.9. The number of nitrogens with zero attached hydrogens (tertiary/aromatic N) is 2. The van der Waals surface area contributed by atoms with Gasteiger partial charge in [0.2, 0.25) is 0 Å². The van der Waals surface area contributed by atoms with Gasteiger partial charge in [0.15, 0.2) is 0 Å². The second-order valence-corrected chi connectivity index (χ2v) is 6.01. The summed E-state index contributed by atoms with van der Waals surface area (Å²) in [5, 5.41) is 13.8. The lowest BCUT2D eigenvalue weighted by atomic mass is 10.0. The van der Waals surface area contributed by atoms with Crippen LogP contribution in [-0.2, 0) is 13.0 Å². The molecule has 1 aromatic carbocycles. The minimum atomic E-state index is 0.486. The van der Waals surface area contributed by atoms with Crippen molar-refractivity contribution in [3.05, 3.63) is 28.8 Å². The van der Waals surface area contributed by atoms with Crippen molar-refractivity contribution in [2.75, 3.05) is 46.8 Å². The van der Waals surface area contributed by atoms with Gasteiger partial charge in [-0.05, 0) is 33.0 Å². The molecule has 4 nitrogen and oxygen atoms in total. The fourth-order valence-corrected chi connectivity index (χ4v) is 2.80. The lowest BCUT2D eigenvalue weighted by molar-refractivity contribution is 0.243. The van der Waals surface area contributed by atoms with Crippen molar-refractivity contribution in [3.8, 4) is 5.75 Å². The van der Waals surface area contributed by atoms with Crippen LogP contribution in [0.4, 0.5) is 0 Å². The molecule has 1 saturated heterocycles. The lowest BCUT2D eigenvalue weighted by Gasteiger charge is -2.27. The highest BCUT2D eigenvalue weighted by atomic mass is 16.3. The highest BCUT2D eigenvalue weighted by Gasteiger charge is 2.13. The molecule has 0 unspecified atom stereocenters. The van der Waals surface area contributed by atoms with E-state index < -0.39 is 0 Å². The summed E-state index contributed by atoms with van der Waals surface area (Å²) in [5.74, 6) is 0.486. The number of rotatable bonds is 5. The van der Waals surface area contributed by atoms with E-state index in [1.165, 1.54) is 5.56 Å². The van der Waals surface area contributed by atoms with E-state index >= 15 is 0 Å². The Morgan fingerprint density at radius 3 is 2.50 bits per heavy atom. The predicted octanol–water partition coefficient (Wildman–Crippen LogP) is 1.21. The van der Waals surface area contributed by atoms with Crippen LogP contribution in [0.15, 0.2) is 12.1 Å². The van der Waals surface area contributed by atoms with Gasteiger partial charge in [-0.2, -0.15) is 0 Å². The second-order valence-electron chi connectivity index (χ2n) is 6.01. The smallest absolute Gasteiger partial charge is 0.123 e. The number of hydrogen-bond donors (Lipinski definition) is 2. The van der Waals surface area contributed by atoms with Crippen molar-refractivity contribution in [2.24, 2.45) is 0 Å². The van der Waals surface area contributed by atoms with Crippen molar-refractivity contribution in [1.82, 2.24) is 15.1 Å². The summed E-state index contributed by atoms with van der Waals surface area (Å²) in [7, 11) is 4.06. The summed E-state index contributed by atoms with van der Waals surface area (Å²) >= 11 is 0. The van der Waals surface area contributed by atoms with Crippen LogP contribution in [-0.4, -0.2) is 61.7 Å². The SMILES string of the molecule is Cc1cc(CCN2CCNCC2)c(O)c(CN(C)C)c1. The van der Waals surface area contributed by atoms with Crippen molar-refractivity contribution >= 4 is 0 Å². The van der Waals surface area contributed by atoms with E-state index in [0.29, 0.717) is 5.75 Å². The van der Waals surface area contributed by atoms with Crippen LogP contribution in [0.5, 0.6) is 5.75 Å². The van der Waals surface area contributed by atoms with Crippen LogP contribution in [0.2, 0.25) is 0 Å². The van der Waals surface area contributed by atoms with Crippen molar-refractivity contribution < 1.29 is 5.11 Å². The largest absolute Gasteiger partial charge is 0.507 e. The third kappa shape index (κ3) is 4.20. The van der Waals surface area contributed by atoms with E-state index in [4.69, 9.17) is 0 Å². The minimum absolute atomic E-state index is 0.486. The quantitative estimate of drug-likeness (QED) is 0.848. The van der Waals surface area contributed by atoms with E-state index in [1.54, 1.807) is 0 Å². The van der Waals surface area contributed by atoms with E-state index in [2.05, 4.69) is 34.2 Å². The first-order chi connectivity index (χ1) is 9.56. The molecule has 0 bridgehead atoms. The van der Waals surface area contributed by atoms with Gasteiger partial charge in [-0.25, -0.2) is 0 Å². The Bertz CT molecular complexity index is 440. The average molecular weight is 277 g/mol. The van der Waals surface area contributed by atoms with Gasteiger partial charge in [0.05, 0.1) is 0 Å². The second kappa shape index (κ2) is 7.07. The molecular weight excluding hydrogens is 250 g/mol. The van der Waals surface area contributed by atoms with Crippen molar-refractivity contribution in [1.29, 1.82) is 0 Å². The zero-order valence-corrected chi connectivity index (χ0v) is 12.9. The molecule has 1 fully saturated rings. The molecule has 4 heteroatoms. The molecule has 0 saturated carbocycles. The molecule has 20 heavy (non-hydrogen) atoms. The fraction of sp³-hybridized carbons (Fsp3) is 0.625. The number of nitrogens with one attached hydrogen (secondary N) is 1. The molecule has 0 amide bonds. The van der Waals surface area contributed by atoms with Crippen LogP contribution in [0, 0.1) is 6.92 Å². The molecule has 0 aliphatic carbocycles. The molecule has 1 aliphatic heterocycles. The van der Waals surface area contributed by atoms with Gasteiger partial charge in [-0.1, -0.05) is 17.7 Å². The molecule has 0 atom stereocenters. The molecule has 2 rings (SSSR count). The van der Waals surface area contributed by atoms with E-state index in [-0.39, 0.29) is 0 Å². The molecule has 0 spiro atoms. The Morgan fingerprint density at radius 1 is 1.20 bits per heavy atom. The third-order valence-corrected chi connectivity index (χ3v) is 3.81. The lowest BCUT2D eigenvalue weighted by Crippen LogP contribution is -2.44. The molecule has 0 aromatic heterocycles. The Labute approximate surface area is 122 Å². The van der Waals surface area contributed by atoms with Crippen molar-refractivity contribution in [2.45, 2.75) is 19.9 Å². The van der Waals surface area contributed by atoms with Gasteiger partial charge in [-0.3, -0.25) is 0 Å². The number of phenolic OH excluding ortho intramolecular Hbond substituents is 1. The number of phenols is 1. The number of benzene rings is 1. The Hall–Kier alpha value is -1.10. The standard InChI is InChI=1S/C16H27N3O/c1-13-10-14(4-7-19-8-5-17-6-9-19)16(20)15(11-13)12-18(2)3/h10-11,17,20H,4-9,12H2,1-3H3. The van der Waals surface area contributed by atoms with E-state index in [9.17, 15) is 5.11 Å². The highest BCUT2D eigenvalue weighted by molar-refractivity contribution is 5.43. The maximum atomic E-state index is 10.4. The van der Waals surface area contributed by atoms with Gasteiger partial charge in [0.1, 0.15) is 5.75 Å². The maximum Gasteiger partial charge on any atom is 0.123 e. The Balaban J connectivity index is 2.04. The highest BCUT2D eigenvalue weighted by Crippen LogP contribution is 2.26. The third-order valence-electron chi connectivity index (χ3n) is 3.81. The number of hydrogen-bond acceptors (Lipinski definition) is 4. The molecule has 0 radical (unpaired) electrons. The van der Waals surface area contributed by atoms with Gasteiger partial charge < -0.3 is 20.2 Å². The summed E-state index contributed by atoms with van der Waals surface area (Å²) in [6, 6.07) is 4.21. The Kier molecular flexibility index (Phi) is 5.40. The summed E-state index contributed by atoms with van der Waals surface area (Å²) in [6.45, 7) is 8.28. The summed E-state index contributed by atoms with van der Waals surface area (Å²) in [4.78, 5) is 4.55. The van der Waals surface area contributed by atoms with Crippen LogP contribution in [0.1, 0.15) is 16.7 Å². The number of piperazine rings is 1. The molecule has 1 heterocycles. The van der Waals surface area contributed by atoms with Crippen LogP contribution in [0.3, 0.4) is 0 Å². The van der Waals surface area contributed by atoms with Crippen LogP contribution in [0.25, 0.3) is 0 Å². The summed E-state index contributed by atoms with van der Waals surface area (Å²) in [6.07, 6.45) is 0.925. The van der Waals surface area contributed by atoms with Gasteiger partial charge >= 0.3 is 0 Å².